The van der Waals surface area contributed by atoms with Gasteiger partial charge in [-0.3, -0.25) is 4.79 Å². The van der Waals surface area contributed by atoms with Gasteiger partial charge in [-0.05, 0) is 47.7 Å². The first-order chi connectivity index (χ1) is 17.7. The molecule has 4 N–H and O–H groups in total. The van der Waals surface area contributed by atoms with Gasteiger partial charge in [0.15, 0.2) is 0 Å². The summed E-state index contributed by atoms with van der Waals surface area (Å²) in [5.41, 5.74) is 9.68. The third-order valence-corrected chi connectivity index (χ3v) is 7.40. The highest BCUT2D eigenvalue weighted by Gasteiger charge is 2.42. The molecule has 4 nitrogen and oxygen atoms in total. The van der Waals surface area contributed by atoms with Gasteiger partial charge in [-0.15, -0.1) is 0 Å². The zero-order chi connectivity index (χ0) is 24.8. The average molecular weight is 476 g/mol. The predicted molar refractivity (Wildman–Crippen MR) is 145 cm³/mol. The van der Waals surface area contributed by atoms with Crippen LogP contribution in [0.25, 0.3) is 0 Å². The van der Waals surface area contributed by atoms with Gasteiger partial charge in [-0.2, -0.15) is 0 Å². The molecule has 4 aromatic carbocycles. The van der Waals surface area contributed by atoms with Gasteiger partial charge < -0.3 is 16.4 Å². The van der Waals surface area contributed by atoms with Crippen LogP contribution in [0.2, 0.25) is 0 Å². The van der Waals surface area contributed by atoms with Gasteiger partial charge in [0.1, 0.15) is 5.54 Å². The summed E-state index contributed by atoms with van der Waals surface area (Å²) in [6.45, 7) is 1.80. The second kappa shape index (κ2) is 10.9. The lowest BCUT2D eigenvalue weighted by Gasteiger charge is -2.37. The van der Waals surface area contributed by atoms with Crippen molar-refractivity contribution in [1.82, 2.24) is 10.6 Å². The van der Waals surface area contributed by atoms with Crippen molar-refractivity contribution >= 4 is 5.91 Å². The number of hydrogen-bond acceptors (Lipinski definition) is 3. The summed E-state index contributed by atoms with van der Waals surface area (Å²) in [6.07, 6.45) is 0.995. The van der Waals surface area contributed by atoms with E-state index in [9.17, 15) is 4.79 Å². The van der Waals surface area contributed by atoms with E-state index in [4.69, 9.17) is 5.73 Å². The van der Waals surface area contributed by atoms with Crippen LogP contribution in [0, 0.1) is 5.92 Å². The second-order valence-corrected chi connectivity index (χ2v) is 9.59. The van der Waals surface area contributed by atoms with Crippen molar-refractivity contribution in [3.8, 4) is 0 Å². The van der Waals surface area contributed by atoms with E-state index >= 15 is 0 Å². The Morgan fingerprint density at radius 1 is 0.750 bits per heavy atom. The third-order valence-electron chi connectivity index (χ3n) is 7.40. The van der Waals surface area contributed by atoms with Crippen molar-refractivity contribution in [1.29, 1.82) is 0 Å². The molecule has 0 bridgehead atoms. The monoisotopic (exact) mass is 475 g/mol. The molecule has 4 aromatic rings. The number of rotatable bonds is 8. The summed E-state index contributed by atoms with van der Waals surface area (Å²) < 4.78 is 0. The fourth-order valence-electron chi connectivity index (χ4n) is 5.48. The van der Waals surface area contributed by atoms with Crippen LogP contribution in [0.3, 0.4) is 0 Å². The lowest BCUT2D eigenvalue weighted by atomic mass is 9.77. The molecule has 0 aliphatic carbocycles. The predicted octanol–water partition coefficient (Wildman–Crippen LogP) is 4.82. The zero-order valence-electron chi connectivity index (χ0n) is 20.4. The smallest absolute Gasteiger partial charge is 0.249 e. The van der Waals surface area contributed by atoms with Crippen molar-refractivity contribution in [3.05, 3.63) is 144 Å². The molecule has 1 saturated heterocycles. The highest BCUT2D eigenvalue weighted by Crippen LogP contribution is 2.35. The lowest BCUT2D eigenvalue weighted by molar-refractivity contribution is -0.126. The second-order valence-electron chi connectivity index (χ2n) is 9.59. The van der Waals surface area contributed by atoms with E-state index < -0.39 is 5.54 Å². The summed E-state index contributed by atoms with van der Waals surface area (Å²) in [7, 11) is 0. The van der Waals surface area contributed by atoms with Gasteiger partial charge in [0.05, 0.1) is 0 Å². The Hall–Kier alpha value is -3.73. The number of nitrogens with one attached hydrogen (secondary N) is 2. The van der Waals surface area contributed by atoms with Crippen LogP contribution in [0.1, 0.15) is 34.6 Å². The van der Waals surface area contributed by atoms with E-state index in [0.29, 0.717) is 0 Å². The maximum atomic E-state index is 14.3. The van der Waals surface area contributed by atoms with Crippen LogP contribution in [0.4, 0.5) is 0 Å². The first-order valence-corrected chi connectivity index (χ1v) is 12.7. The number of amides is 1. The first kappa shape index (κ1) is 24.0. The first-order valence-electron chi connectivity index (χ1n) is 12.7. The molecule has 1 fully saturated rings. The zero-order valence-corrected chi connectivity index (χ0v) is 20.4. The Morgan fingerprint density at radius 2 is 1.19 bits per heavy atom. The van der Waals surface area contributed by atoms with Crippen molar-refractivity contribution < 1.29 is 4.79 Å². The topological polar surface area (TPSA) is 67.2 Å². The Balaban J connectivity index is 1.59. The SMILES string of the molecule is NC(C(=O)NC(C1CCNC1)C(c1ccccc1)c1ccccc1)(c1ccccc1)c1ccccc1. The maximum Gasteiger partial charge on any atom is 0.249 e. The molecule has 1 amide bonds. The molecule has 0 spiro atoms. The van der Waals surface area contributed by atoms with Crippen molar-refractivity contribution in [3.63, 3.8) is 0 Å². The quantitative estimate of drug-likeness (QED) is 0.342. The van der Waals surface area contributed by atoms with E-state index in [1.807, 2.05) is 72.8 Å². The standard InChI is InChI=1S/C32H33N3O/c33-32(27-17-9-3-10-18-27,28-19-11-4-12-20-28)31(36)35-30(26-21-22-34-23-26)29(24-13-5-1-6-14-24)25-15-7-2-8-16-25/h1-20,26,29-30,34H,21-23,33H2,(H,35,36). The molecule has 0 radical (unpaired) electrons. The number of carbonyl (C=O) groups excluding carboxylic acids is 1. The lowest BCUT2D eigenvalue weighted by Crippen LogP contribution is -2.57. The summed E-state index contributed by atoms with van der Waals surface area (Å²) in [5.74, 6) is 0.0841. The highest BCUT2D eigenvalue weighted by atomic mass is 16.2. The Kier molecular flexibility index (Phi) is 7.26. The van der Waals surface area contributed by atoms with E-state index in [1.165, 1.54) is 11.1 Å². The van der Waals surface area contributed by atoms with E-state index in [0.717, 1.165) is 30.6 Å². The van der Waals surface area contributed by atoms with Crippen LogP contribution < -0.4 is 16.4 Å². The minimum Gasteiger partial charge on any atom is -0.350 e. The number of carbonyl (C=O) groups is 1. The van der Waals surface area contributed by atoms with Crippen LogP contribution in [0.5, 0.6) is 0 Å². The van der Waals surface area contributed by atoms with Crippen molar-refractivity contribution in [2.24, 2.45) is 11.7 Å². The normalized spacial score (nSPS) is 16.6. The molecule has 4 heteroatoms. The molecular weight excluding hydrogens is 442 g/mol. The molecule has 0 saturated carbocycles. The molecule has 2 unspecified atom stereocenters. The molecule has 182 valence electrons. The molecule has 2 atom stereocenters. The fourth-order valence-corrected chi connectivity index (χ4v) is 5.48. The van der Waals surface area contributed by atoms with Crippen molar-refractivity contribution in [2.45, 2.75) is 23.9 Å². The highest BCUT2D eigenvalue weighted by molar-refractivity contribution is 5.91. The maximum absolute atomic E-state index is 14.3. The minimum atomic E-state index is -1.31. The van der Waals surface area contributed by atoms with E-state index in [-0.39, 0.29) is 23.8 Å². The van der Waals surface area contributed by atoms with Gasteiger partial charge >= 0.3 is 0 Å². The number of hydrogen-bond donors (Lipinski definition) is 3. The van der Waals surface area contributed by atoms with E-state index in [2.05, 4.69) is 59.2 Å². The molecule has 1 aliphatic heterocycles. The number of benzene rings is 4. The summed E-state index contributed by atoms with van der Waals surface area (Å²) >= 11 is 0. The van der Waals surface area contributed by atoms with Crippen LogP contribution >= 0.6 is 0 Å². The largest absolute Gasteiger partial charge is 0.350 e. The molecule has 36 heavy (non-hydrogen) atoms. The van der Waals surface area contributed by atoms with Gasteiger partial charge in [0.25, 0.3) is 0 Å². The van der Waals surface area contributed by atoms with E-state index in [1.54, 1.807) is 0 Å². The third kappa shape index (κ3) is 4.83. The Bertz CT molecular complexity index is 1160. The summed E-state index contributed by atoms with van der Waals surface area (Å²) in [5, 5.41) is 6.99. The summed E-state index contributed by atoms with van der Waals surface area (Å²) in [4.78, 5) is 14.3. The van der Waals surface area contributed by atoms with Crippen LogP contribution in [-0.4, -0.2) is 25.0 Å². The van der Waals surface area contributed by atoms with Crippen LogP contribution in [0.15, 0.2) is 121 Å². The molecule has 0 aromatic heterocycles. The molecule has 1 heterocycles. The van der Waals surface area contributed by atoms with Crippen molar-refractivity contribution in [2.75, 3.05) is 13.1 Å². The minimum absolute atomic E-state index is 0.00273. The fraction of sp³-hybridized carbons (Fsp3) is 0.219. The molecular formula is C32H33N3O. The average Bonchev–Trinajstić information content (AvgIpc) is 3.49. The van der Waals surface area contributed by atoms with Gasteiger partial charge in [0, 0.05) is 12.0 Å². The molecule has 5 rings (SSSR count). The van der Waals surface area contributed by atoms with Crippen LogP contribution in [-0.2, 0) is 10.3 Å². The summed E-state index contributed by atoms with van der Waals surface area (Å²) in [6, 6.07) is 40.2. The van der Waals surface area contributed by atoms with Gasteiger partial charge in [-0.1, -0.05) is 121 Å². The van der Waals surface area contributed by atoms with Gasteiger partial charge in [-0.25, -0.2) is 0 Å². The molecule has 1 aliphatic rings. The Labute approximate surface area is 213 Å². The Morgan fingerprint density at radius 3 is 1.61 bits per heavy atom. The number of nitrogens with two attached hydrogens (primary N) is 1. The van der Waals surface area contributed by atoms with Gasteiger partial charge in [0.2, 0.25) is 5.91 Å².